The maximum Gasteiger partial charge on any atom is 0.220 e. The zero-order chi connectivity index (χ0) is 16.2. The van der Waals surface area contributed by atoms with E-state index in [0.29, 0.717) is 24.3 Å². The summed E-state index contributed by atoms with van der Waals surface area (Å²) in [6.45, 7) is 1.93. The number of nitrogens with zero attached hydrogens (tertiary/aromatic N) is 1. The number of thiophene rings is 1. The molecule has 0 aromatic carbocycles. The van der Waals surface area contributed by atoms with E-state index in [1.165, 1.54) is 24.1 Å². The van der Waals surface area contributed by atoms with Crippen molar-refractivity contribution in [3.63, 3.8) is 0 Å². The van der Waals surface area contributed by atoms with E-state index in [1.54, 1.807) is 0 Å². The van der Waals surface area contributed by atoms with Gasteiger partial charge in [-0.1, -0.05) is 12.5 Å². The molecule has 128 valence electrons. The van der Waals surface area contributed by atoms with E-state index in [-0.39, 0.29) is 11.9 Å². The van der Waals surface area contributed by atoms with Crippen LogP contribution in [0, 0.1) is 11.8 Å². The molecule has 2 unspecified atom stereocenters. The van der Waals surface area contributed by atoms with Crippen LogP contribution >= 0.6 is 11.3 Å². The predicted octanol–water partition coefficient (Wildman–Crippen LogP) is 2.76. The van der Waals surface area contributed by atoms with Crippen molar-refractivity contribution in [3.8, 4) is 0 Å². The number of nitrogens with one attached hydrogen (secondary N) is 1. The van der Waals surface area contributed by atoms with Crippen molar-refractivity contribution in [1.82, 2.24) is 10.2 Å². The van der Waals surface area contributed by atoms with Crippen molar-refractivity contribution >= 4 is 17.2 Å². The highest BCUT2D eigenvalue weighted by atomic mass is 32.1. The molecule has 3 N–H and O–H groups in total. The Morgan fingerprint density at radius 2 is 2.17 bits per heavy atom. The second-order valence-electron chi connectivity index (χ2n) is 7.21. The number of nitrogens with two attached hydrogens (primary N) is 1. The Labute approximate surface area is 143 Å². The molecular weight excluding hydrogens is 306 g/mol. The van der Waals surface area contributed by atoms with E-state index >= 15 is 0 Å². The van der Waals surface area contributed by atoms with E-state index in [9.17, 15) is 4.79 Å². The van der Waals surface area contributed by atoms with E-state index in [2.05, 4.69) is 34.8 Å². The van der Waals surface area contributed by atoms with E-state index in [0.717, 1.165) is 25.9 Å². The van der Waals surface area contributed by atoms with Gasteiger partial charge >= 0.3 is 0 Å². The summed E-state index contributed by atoms with van der Waals surface area (Å²) in [6, 6.07) is 5.02. The SMILES string of the molecule is CN1CCCC(CNC(=O)C[C@@H]2CCC[C@H]2N)C1c1cccs1. The Balaban J connectivity index is 1.54. The molecular formula is C18H29N3OS. The van der Waals surface area contributed by atoms with E-state index < -0.39 is 0 Å². The zero-order valence-electron chi connectivity index (χ0n) is 14.0. The van der Waals surface area contributed by atoms with Crippen molar-refractivity contribution < 1.29 is 4.79 Å². The first kappa shape index (κ1) is 16.9. The molecule has 2 fully saturated rings. The van der Waals surface area contributed by atoms with Gasteiger partial charge in [0.2, 0.25) is 5.91 Å². The van der Waals surface area contributed by atoms with Gasteiger partial charge in [0.15, 0.2) is 0 Å². The first-order chi connectivity index (χ1) is 11.1. The number of amides is 1. The topological polar surface area (TPSA) is 58.4 Å². The first-order valence-electron chi connectivity index (χ1n) is 8.91. The lowest BCUT2D eigenvalue weighted by atomic mass is 9.88. The highest BCUT2D eigenvalue weighted by Gasteiger charge is 2.32. The highest BCUT2D eigenvalue weighted by Crippen LogP contribution is 2.36. The lowest BCUT2D eigenvalue weighted by molar-refractivity contribution is -0.122. The van der Waals surface area contributed by atoms with Gasteiger partial charge in [0.25, 0.3) is 0 Å². The predicted molar refractivity (Wildman–Crippen MR) is 95.4 cm³/mol. The number of likely N-dealkylation sites (tertiary alicyclic amines) is 1. The van der Waals surface area contributed by atoms with Crippen molar-refractivity contribution in [1.29, 1.82) is 0 Å². The largest absolute Gasteiger partial charge is 0.356 e. The third kappa shape index (κ3) is 4.14. The molecule has 0 radical (unpaired) electrons. The summed E-state index contributed by atoms with van der Waals surface area (Å²) in [5.74, 6) is 1.08. The molecule has 23 heavy (non-hydrogen) atoms. The van der Waals surface area contributed by atoms with Crippen LogP contribution in [-0.4, -0.2) is 37.0 Å². The average molecular weight is 336 g/mol. The number of hydrogen-bond donors (Lipinski definition) is 2. The maximum absolute atomic E-state index is 12.3. The Hall–Kier alpha value is -0.910. The zero-order valence-corrected chi connectivity index (χ0v) is 14.9. The monoisotopic (exact) mass is 335 g/mol. The van der Waals surface area contributed by atoms with Crippen LogP contribution in [0.4, 0.5) is 0 Å². The van der Waals surface area contributed by atoms with Crippen molar-refractivity contribution in [2.24, 2.45) is 17.6 Å². The molecule has 4 atom stereocenters. The molecule has 2 aliphatic rings. The molecule has 0 bridgehead atoms. The fourth-order valence-corrected chi connectivity index (χ4v) is 5.24. The molecule has 2 heterocycles. The van der Waals surface area contributed by atoms with Gasteiger partial charge in [0.1, 0.15) is 0 Å². The van der Waals surface area contributed by atoms with Crippen molar-refractivity contribution in [2.45, 2.75) is 50.6 Å². The fourth-order valence-electron chi connectivity index (χ4n) is 4.26. The molecule has 1 aliphatic carbocycles. The fraction of sp³-hybridized carbons (Fsp3) is 0.722. The summed E-state index contributed by atoms with van der Waals surface area (Å²) in [5.41, 5.74) is 6.09. The number of carbonyl (C=O) groups excluding carboxylic acids is 1. The van der Waals surface area contributed by atoms with Gasteiger partial charge in [-0.15, -0.1) is 11.3 Å². The highest BCUT2D eigenvalue weighted by molar-refractivity contribution is 7.10. The molecule has 0 spiro atoms. The van der Waals surface area contributed by atoms with Crippen molar-refractivity contribution in [2.75, 3.05) is 20.1 Å². The lowest BCUT2D eigenvalue weighted by Gasteiger charge is -2.39. The van der Waals surface area contributed by atoms with Crippen LogP contribution in [0.1, 0.15) is 49.4 Å². The van der Waals surface area contributed by atoms with Crippen LogP contribution in [0.15, 0.2) is 17.5 Å². The standard InChI is InChI=1S/C18H29N3OS/c1-21-9-3-6-14(18(21)16-8-4-10-23-16)12-20-17(22)11-13-5-2-7-15(13)19/h4,8,10,13-15,18H,2-3,5-7,9,11-12,19H2,1H3,(H,20,22)/t13-,14?,15+,18?/m0/s1. The number of piperidine rings is 1. The van der Waals surface area contributed by atoms with E-state index in [1.807, 2.05) is 11.3 Å². The lowest BCUT2D eigenvalue weighted by Crippen LogP contribution is -2.42. The third-order valence-electron chi connectivity index (χ3n) is 5.57. The Kier molecular flexibility index (Phi) is 5.72. The average Bonchev–Trinajstić information content (AvgIpc) is 3.18. The summed E-state index contributed by atoms with van der Waals surface area (Å²) >= 11 is 1.83. The summed E-state index contributed by atoms with van der Waals surface area (Å²) in [5, 5.41) is 5.34. The van der Waals surface area contributed by atoms with Crippen LogP contribution in [0.2, 0.25) is 0 Å². The quantitative estimate of drug-likeness (QED) is 0.870. The van der Waals surface area contributed by atoms with Crippen LogP contribution in [0.3, 0.4) is 0 Å². The number of carbonyl (C=O) groups is 1. The van der Waals surface area contributed by atoms with Crippen molar-refractivity contribution in [3.05, 3.63) is 22.4 Å². The summed E-state index contributed by atoms with van der Waals surface area (Å²) in [6.07, 6.45) is 6.37. The number of rotatable bonds is 5. The summed E-state index contributed by atoms with van der Waals surface area (Å²) in [7, 11) is 2.20. The first-order valence-corrected chi connectivity index (χ1v) is 9.79. The molecule has 1 aromatic rings. The van der Waals surface area contributed by atoms with Gasteiger partial charge in [0, 0.05) is 29.9 Å². The van der Waals surface area contributed by atoms with Gasteiger partial charge in [-0.05, 0) is 62.6 Å². The van der Waals surface area contributed by atoms with Crippen LogP contribution < -0.4 is 11.1 Å². The number of hydrogen-bond acceptors (Lipinski definition) is 4. The van der Waals surface area contributed by atoms with Crippen LogP contribution in [-0.2, 0) is 4.79 Å². The molecule has 1 amide bonds. The van der Waals surface area contributed by atoms with Crippen LogP contribution in [0.5, 0.6) is 0 Å². The summed E-state index contributed by atoms with van der Waals surface area (Å²) < 4.78 is 0. The maximum atomic E-state index is 12.3. The van der Waals surface area contributed by atoms with Gasteiger partial charge < -0.3 is 11.1 Å². The van der Waals surface area contributed by atoms with Crippen LogP contribution in [0.25, 0.3) is 0 Å². The van der Waals surface area contributed by atoms with Gasteiger partial charge in [-0.25, -0.2) is 0 Å². The second-order valence-corrected chi connectivity index (χ2v) is 8.19. The Morgan fingerprint density at radius 3 is 2.87 bits per heavy atom. The summed E-state index contributed by atoms with van der Waals surface area (Å²) in [4.78, 5) is 16.1. The third-order valence-corrected chi connectivity index (χ3v) is 6.51. The van der Waals surface area contributed by atoms with E-state index in [4.69, 9.17) is 5.73 Å². The minimum Gasteiger partial charge on any atom is -0.356 e. The smallest absolute Gasteiger partial charge is 0.220 e. The second kappa shape index (κ2) is 7.77. The molecule has 1 saturated heterocycles. The molecule has 1 saturated carbocycles. The van der Waals surface area contributed by atoms with Gasteiger partial charge in [-0.2, -0.15) is 0 Å². The molecule has 4 nitrogen and oxygen atoms in total. The minimum absolute atomic E-state index is 0.186. The molecule has 1 aliphatic heterocycles. The molecule has 5 heteroatoms. The van der Waals surface area contributed by atoms with Gasteiger partial charge in [0.05, 0.1) is 0 Å². The Morgan fingerprint density at radius 1 is 1.35 bits per heavy atom. The minimum atomic E-state index is 0.186. The normalized spacial score (nSPS) is 32.1. The molecule has 3 rings (SSSR count). The Bertz CT molecular complexity index is 504. The van der Waals surface area contributed by atoms with Gasteiger partial charge in [-0.3, -0.25) is 9.69 Å². The molecule has 1 aromatic heterocycles.